The number of hydrogen-bond acceptors (Lipinski definition) is 0. The molecule has 69 valence electrons. The first-order chi connectivity index (χ1) is 6.36. The van der Waals surface area contributed by atoms with Gasteiger partial charge in [0.2, 0.25) is 0 Å². The van der Waals surface area contributed by atoms with Gasteiger partial charge in [0.1, 0.15) is 5.82 Å². The first kappa shape index (κ1) is 8.74. The summed E-state index contributed by atoms with van der Waals surface area (Å²) in [5.74, 6) is 0.376. The predicted octanol–water partition coefficient (Wildman–Crippen LogP) is 3.69. The zero-order valence-corrected chi connectivity index (χ0v) is 7.67. The molecule has 0 nitrogen and oxygen atoms in total. The smallest absolute Gasteiger partial charge is 0.123 e. The quantitative estimate of drug-likeness (QED) is 0.613. The van der Waals surface area contributed by atoms with Crippen LogP contribution in [0.25, 0.3) is 0 Å². The predicted molar refractivity (Wildman–Crippen MR) is 51.9 cm³/mol. The van der Waals surface area contributed by atoms with Crippen LogP contribution in [0, 0.1) is 12.2 Å². The molecule has 1 atom stereocenters. The lowest BCUT2D eigenvalue weighted by molar-refractivity contribution is 0.530. The van der Waals surface area contributed by atoms with Crippen LogP contribution in [0.15, 0.2) is 24.3 Å². The molecule has 1 unspecified atom stereocenters. The Bertz CT molecular complexity index is 274. The third kappa shape index (κ3) is 2.09. The summed E-state index contributed by atoms with van der Waals surface area (Å²) in [5.41, 5.74) is 1.14. The van der Waals surface area contributed by atoms with Crippen molar-refractivity contribution in [1.82, 2.24) is 0 Å². The molecule has 0 N–H and O–H groups in total. The second-order valence-electron chi connectivity index (χ2n) is 3.68. The van der Waals surface area contributed by atoms with Gasteiger partial charge in [0.25, 0.3) is 0 Å². The van der Waals surface area contributed by atoms with Crippen molar-refractivity contribution >= 4 is 0 Å². The monoisotopic (exact) mass is 177 g/mol. The molecule has 0 aromatic heterocycles. The Kier molecular flexibility index (Phi) is 2.62. The summed E-state index contributed by atoms with van der Waals surface area (Å²) in [6.07, 6.45) is 7.26. The minimum absolute atomic E-state index is 0.114. The molecule has 0 heterocycles. The van der Waals surface area contributed by atoms with Crippen molar-refractivity contribution in [3.05, 3.63) is 42.1 Å². The Morgan fingerprint density at radius 3 is 2.85 bits per heavy atom. The maximum absolute atomic E-state index is 12.9. The van der Waals surface area contributed by atoms with Gasteiger partial charge in [-0.15, -0.1) is 0 Å². The lowest BCUT2D eigenvalue weighted by Crippen LogP contribution is -2.05. The highest BCUT2D eigenvalue weighted by molar-refractivity contribution is 5.23. The number of hydrogen-bond donors (Lipinski definition) is 0. The molecule has 1 saturated carbocycles. The first-order valence-corrected chi connectivity index (χ1v) is 4.95. The Morgan fingerprint density at radius 1 is 1.23 bits per heavy atom. The van der Waals surface area contributed by atoms with E-state index in [9.17, 15) is 4.39 Å². The maximum Gasteiger partial charge on any atom is 0.123 e. The molecule has 0 bridgehead atoms. The fourth-order valence-electron chi connectivity index (χ4n) is 1.99. The van der Waals surface area contributed by atoms with Crippen molar-refractivity contribution in [3.8, 4) is 0 Å². The van der Waals surface area contributed by atoms with Crippen molar-refractivity contribution in [2.45, 2.75) is 31.6 Å². The molecule has 1 fully saturated rings. The van der Waals surface area contributed by atoms with Crippen LogP contribution in [0.3, 0.4) is 0 Å². The summed E-state index contributed by atoms with van der Waals surface area (Å²) in [4.78, 5) is 0. The largest absolute Gasteiger partial charge is 0.207 e. The third-order valence-corrected chi connectivity index (χ3v) is 2.70. The van der Waals surface area contributed by atoms with Gasteiger partial charge in [0.15, 0.2) is 0 Å². The van der Waals surface area contributed by atoms with E-state index in [0.29, 0.717) is 5.92 Å². The summed E-state index contributed by atoms with van der Waals surface area (Å²) in [7, 11) is 0. The molecular weight excluding hydrogens is 163 g/mol. The Morgan fingerprint density at radius 2 is 2.15 bits per heavy atom. The highest BCUT2D eigenvalue weighted by Crippen LogP contribution is 2.31. The van der Waals surface area contributed by atoms with Crippen LogP contribution in [0.5, 0.6) is 0 Å². The van der Waals surface area contributed by atoms with Gasteiger partial charge in [-0.1, -0.05) is 25.0 Å². The molecule has 1 heteroatoms. The molecule has 0 amide bonds. The van der Waals surface area contributed by atoms with E-state index < -0.39 is 0 Å². The Balaban J connectivity index is 2.14. The lowest BCUT2D eigenvalue weighted by atomic mass is 9.84. The minimum Gasteiger partial charge on any atom is -0.207 e. The van der Waals surface area contributed by atoms with Crippen LogP contribution in [-0.2, 0) is 0 Å². The standard InChI is InChI=1S/C12H14F/c13-12-8-4-7-11(9-12)10-5-2-1-3-6-10/h4-5,7-10H,1-3,6H2. The van der Waals surface area contributed by atoms with E-state index in [0.717, 1.165) is 5.56 Å². The molecule has 1 aromatic carbocycles. The van der Waals surface area contributed by atoms with Crippen LogP contribution >= 0.6 is 0 Å². The second-order valence-corrected chi connectivity index (χ2v) is 3.68. The van der Waals surface area contributed by atoms with Gasteiger partial charge in [-0.3, -0.25) is 0 Å². The topological polar surface area (TPSA) is 0 Å². The van der Waals surface area contributed by atoms with Crippen LogP contribution in [0.4, 0.5) is 4.39 Å². The summed E-state index contributed by atoms with van der Waals surface area (Å²) in [5, 5.41) is 0. The summed E-state index contributed by atoms with van der Waals surface area (Å²) in [6.45, 7) is 0. The van der Waals surface area contributed by atoms with E-state index in [4.69, 9.17) is 0 Å². The van der Waals surface area contributed by atoms with Crippen LogP contribution in [0.1, 0.15) is 37.2 Å². The van der Waals surface area contributed by atoms with Gasteiger partial charge >= 0.3 is 0 Å². The van der Waals surface area contributed by atoms with Crippen LogP contribution in [0.2, 0.25) is 0 Å². The normalized spacial score (nSPS) is 18.8. The van der Waals surface area contributed by atoms with E-state index in [1.54, 1.807) is 12.1 Å². The van der Waals surface area contributed by atoms with E-state index in [-0.39, 0.29) is 5.82 Å². The highest BCUT2D eigenvalue weighted by Gasteiger charge is 2.15. The molecular formula is C12H14F. The fraction of sp³-hybridized carbons (Fsp3) is 0.417. The van der Waals surface area contributed by atoms with Crippen molar-refractivity contribution in [2.75, 3.05) is 0 Å². The van der Waals surface area contributed by atoms with Crippen LogP contribution in [-0.4, -0.2) is 0 Å². The molecule has 0 spiro atoms. The number of halogens is 1. The molecule has 2 rings (SSSR count). The zero-order valence-electron chi connectivity index (χ0n) is 7.67. The minimum atomic E-state index is -0.114. The fourth-order valence-corrected chi connectivity index (χ4v) is 1.99. The van der Waals surface area contributed by atoms with Crippen LogP contribution < -0.4 is 0 Å². The summed E-state index contributed by atoms with van der Waals surface area (Å²) < 4.78 is 12.9. The average molecular weight is 177 g/mol. The molecule has 0 aliphatic heterocycles. The van der Waals surface area contributed by atoms with Crippen molar-refractivity contribution < 1.29 is 4.39 Å². The van der Waals surface area contributed by atoms with E-state index in [1.807, 2.05) is 6.07 Å². The number of rotatable bonds is 1. The molecule has 1 radical (unpaired) electrons. The summed E-state index contributed by atoms with van der Waals surface area (Å²) >= 11 is 0. The Labute approximate surface area is 78.8 Å². The summed E-state index contributed by atoms with van der Waals surface area (Å²) in [6, 6.07) is 6.99. The third-order valence-electron chi connectivity index (χ3n) is 2.70. The van der Waals surface area contributed by atoms with Gasteiger partial charge in [0.05, 0.1) is 0 Å². The first-order valence-electron chi connectivity index (χ1n) is 4.95. The van der Waals surface area contributed by atoms with E-state index in [2.05, 4.69) is 6.42 Å². The zero-order chi connectivity index (χ0) is 9.10. The van der Waals surface area contributed by atoms with Crippen molar-refractivity contribution in [2.24, 2.45) is 0 Å². The van der Waals surface area contributed by atoms with Gasteiger partial charge in [-0.25, -0.2) is 4.39 Å². The second kappa shape index (κ2) is 3.91. The molecule has 1 aromatic rings. The SMILES string of the molecule is Fc1cccc(C2[CH]CCCC2)c1. The molecule has 13 heavy (non-hydrogen) atoms. The highest BCUT2D eigenvalue weighted by atomic mass is 19.1. The molecule has 1 aliphatic rings. The maximum atomic E-state index is 12.9. The van der Waals surface area contributed by atoms with E-state index >= 15 is 0 Å². The van der Waals surface area contributed by atoms with Gasteiger partial charge < -0.3 is 0 Å². The number of benzene rings is 1. The van der Waals surface area contributed by atoms with Gasteiger partial charge in [-0.05, 0) is 42.9 Å². The average Bonchev–Trinajstić information content (AvgIpc) is 2.19. The van der Waals surface area contributed by atoms with Crippen molar-refractivity contribution in [3.63, 3.8) is 0 Å². The van der Waals surface area contributed by atoms with Gasteiger partial charge in [-0.2, -0.15) is 0 Å². The van der Waals surface area contributed by atoms with Gasteiger partial charge in [0, 0.05) is 0 Å². The Hall–Kier alpha value is -0.850. The molecule has 1 aliphatic carbocycles. The molecule has 0 saturated heterocycles. The van der Waals surface area contributed by atoms with Crippen molar-refractivity contribution in [1.29, 1.82) is 0 Å². The lowest BCUT2D eigenvalue weighted by Gasteiger charge is -2.21. The van der Waals surface area contributed by atoms with E-state index in [1.165, 1.54) is 31.7 Å².